The number of ether oxygens (including phenoxy) is 1. The first-order valence-corrected chi connectivity index (χ1v) is 6.29. The minimum atomic E-state index is -0.563. The predicted molar refractivity (Wildman–Crippen MR) is 63.2 cm³/mol. The number of nitrogens with zero attached hydrogens (tertiary/aromatic N) is 1. The fourth-order valence-electron chi connectivity index (χ4n) is 3.41. The highest BCUT2D eigenvalue weighted by molar-refractivity contribution is 6.00. The number of carbonyl (C=O) groups is 2. The van der Waals surface area contributed by atoms with Crippen LogP contribution in [0.2, 0.25) is 0 Å². The number of rotatable bonds is 1. The number of amides is 1. The maximum Gasteiger partial charge on any atom is 0.318 e. The molecule has 0 unspecified atom stereocenters. The van der Waals surface area contributed by atoms with Crippen LogP contribution in [0.3, 0.4) is 0 Å². The van der Waals surface area contributed by atoms with Crippen LogP contribution in [0.4, 0.5) is 0 Å². The second-order valence-corrected chi connectivity index (χ2v) is 6.04. The average Bonchev–Trinajstić information content (AvgIpc) is 2.73. The fraction of sp³-hybridized carbons (Fsp3) is 0.846. The van der Waals surface area contributed by atoms with E-state index in [-0.39, 0.29) is 29.4 Å². The SMILES string of the molecule is COC(=O)[C@@H]1C(=O)N(C(C)(C)C)[C@H]2CCC[C@@H]12. The van der Waals surface area contributed by atoms with Crippen LogP contribution in [-0.4, -0.2) is 35.5 Å². The molecule has 1 heterocycles. The van der Waals surface area contributed by atoms with E-state index in [1.807, 2.05) is 25.7 Å². The van der Waals surface area contributed by atoms with Gasteiger partial charge >= 0.3 is 5.97 Å². The average molecular weight is 239 g/mol. The normalized spacial score (nSPS) is 32.8. The van der Waals surface area contributed by atoms with E-state index in [0.717, 1.165) is 19.3 Å². The van der Waals surface area contributed by atoms with E-state index >= 15 is 0 Å². The van der Waals surface area contributed by atoms with Gasteiger partial charge < -0.3 is 9.64 Å². The zero-order chi connectivity index (χ0) is 12.8. The number of hydrogen-bond donors (Lipinski definition) is 0. The van der Waals surface area contributed by atoms with E-state index in [2.05, 4.69) is 0 Å². The quantitative estimate of drug-likeness (QED) is 0.515. The van der Waals surface area contributed by atoms with Crippen LogP contribution in [0, 0.1) is 11.8 Å². The Morgan fingerprint density at radius 2 is 2.00 bits per heavy atom. The molecule has 2 aliphatic rings. The molecule has 2 fully saturated rings. The molecule has 0 aromatic heterocycles. The van der Waals surface area contributed by atoms with Gasteiger partial charge in [-0.2, -0.15) is 0 Å². The summed E-state index contributed by atoms with van der Waals surface area (Å²) in [6, 6.07) is 0.228. The molecule has 4 heteroatoms. The lowest BCUT2D eigenvalue weighted by atomic mass is 9.92. The van der Waals surface area contributed by atoms with Crippen LogP contribution < -0.4 is 0 Å². The zero-order valence-electron chi connectivity index (χ0n) is 11.0. The summed E-state index contributed by atoms with van der Waals surface area (Å²) in [4.78, 5) is 26.1. The Hall–Kier alpha value is -1.06. The molecule has 1 aliphatic carbocycles. The second-order valence-electron chi connectivity index (χ2n) is 6.04. The Bertz CT molecular complexity index is 345. The number of esters is 1. The van der Waals surface area contributed by atoms with E-state index in [0.29, 0.717) is 0 Å². The molecule has 4 nitrogen and oxygen atoms in total. The molecule has 0 aromatic rings. The summed E-state index contributed by atoms with van der Waals surface area (Å²) in [5.74, 6) is -0.807. The monoisotopic (exact) mass is 239 g/mol. The maximum atomic E-state index is 12.4. The molecule has 17 heavy (non-hydrogen) atoms. The molecular weight excluding hydrogens is 218 g/mol. The van der Waals surface area contributed by atoms with Gasteiger partial charge in [-0.25, -0.2) is 0 Å². The molecule has 96 valence electrons. The van der Waals surface area contributed by atoms with Crippen LogP contribution >= 0.6 is 0 Å². The molecule has 0 N–H and O–H groups in total. The van der Waals surface area contributed by atoms with Gasteiger partial charge in [0.2, 0.25) is 5.91 Å². The highest BCUT2D eigenvalue weighted by atomic mass is 16.5. The van der Waals surface area contributed by atoms with E-state index in [9.17, 15) is 9.59 Å². The topological polar surface area (TPSA) is 46.6 Å². The van der Waals surface area contributed by atoms with E-state index in [1.54, 1.807) is 0 Å². The summed E-state index contributed by atoms with van der Waals surface area (Å²) in [5.41, 5.74) is -0.215. The number of hydrogen-bond acceptors (Lipinski definition) is 3. The standard InChI is InChI=1S/C13H21NO3/c1-13(2,3)14-9-7-5-6-8(9)10(11(14)15)12(16)17-4/h8-10H,5-7H2,1-4H3/t8-,9+,10+/m1/s1. The Morgan fingerprint density at radius 3 is 2.53 bits per heavy atom. The lowest BCUT2D eigenvalue weighted by Gasteiger charge is -2.37. The van der Waals surface area contributed by atoms with Gasteiger partial charge in [-0.1, -0.05) is 6.42 Å². The van der Waals surface area contributed by atoms with Crippen LogP contribution in [-0.2, 0) is 14.3 Å². The Balaban J connectivity index is 2.33. The van der Waals surface area contributed by atoms with Crippen molar-refractivity contribution in [2.24, 2.45) is 11.8 Å². The third-order valence-corrected chi connectivity index (χ3v) is 3.97. The van der Waals surface area contributed by atoms with Crippen LogP contribution in [0.25, 0.3) is 0 Å². The Kier molecular flexibility index (Phi) is 2.92. The smallest absolute Gasteiger partial charge is 0.318 e. The van der Waals surface area contributed by atoms with Crippen molar-refractivity contribution in [2.45, 2.75) is 51.6 Å². The summed E-state index contributed by atoms with van der Waals surface area (Å²) in [6.45, 7) is 6.08. The van der Waals surface area contributed by atoms with Gasteiger partial charge in [0.15, 0.2) is 0 Å². The summed E-state index contributed by atoms with van der Waals surface area (Å²) >= 11 is 0. The molecule has 2 rings (SSSR count). The molecule has 0 bridgehead atoms. The van der Waals surface area contributed by atoms with E-state index in [1.165, 1.54) is 7.11 Å². The summed E-state index contributed by atoms with van der Waals surface area (Å²) in [7, 11) is 1.36. The molecule has 0 radical (unpaired) electrons. The molecule has 3 atom stereocenters. The largest absolute Gasteiger partial charge is 0.468 e. The highest BCUT2D eigenvalue weighted by Gasteiger charge is 2.56. The number of fused-ring (bicyclic) bond motifs is 1. The predicted octanol–water partition coefficient (Wildman–Crippen LogP) is 1.58. The molecule has 1 saturated carbocycles. The van der Waals surface area contributed by atoms with Gasteiger partial charge in [0.25, 0.3) is 0 Å². The lowest BCUT2D eigenvalue weighted by Crippen LogP contribution is -2.48. The number of likely N-dealkylation sites (tertiary alicyclic amines) is 1. The highest BCUT2D eigenvalue weighted by Crippen LogP contribution is 2.45. The molecule has 1 saturated heterocycles. The van der Waals surface area contributed by atoms with Crippen LogP contribution in [0.5, 0.6) is 0 Å². The fourth-order valence-corrected chi connectivity index (χ4v) is 3.41. The van der Waals surface area contributed by atoms with Crippen molar-refractivity contribution in [1.29, 1.82) is 0 Å². The van der Waals surface area contributed by atoms with Gasteiger partial charge in [-0.3, -0.25) is 9.59 Å². The summed E-state index contributed by atoms with van der Waals surface area (Å²) in [5, 5.41) is 0. The minimum absolute atomic E-state index is 0.0425. The summed E-state index contributed by atoms with van der Waals surface area (Å²) in [6.07, 6.45) is 3.08. The van der Waals surface area contributed by atoms with Gasteiger partial charge in [-0.05, 0) is 33.6 Å². The van der Waals surface area contributed by atoms with Crippen molar-refractivity contribution < 1.29 is 14.3 Å². The van der Waals surface area contributed by atoms with Gasteiger partial charge in [0, 0.05) is 17.5 Å². The zero-order valence-corrected chi connectivity index (χ0v) is 11.0. The second kappa shape index (κ2) is 4.00. The molecule has 0 aromatic carbocycles. The van der Waals surface area contributed by atoms with E-state index < -0.39 is 5.92 Å². The number of methoxy groups -OCH3 is 1. The summed E-state index contributed by atoms with van der Waals surface area (Å²) < 4.78 is 4.79. The first kappa shape index (κ1) is 12.4. The number of carbonyl (C=O) groups excluding carboxylic acids is 2. The molecule has 1 amide bonds. The van der Waals surface area contributed by atoms with Crippen molar-refractivity contribution in [3.8, 4) is 0 Å². The molecule has 0 spiro atoms. The van der Waals surface area contributed by atoms with E-state index in [4.69, 9.17) is 4.74 Å². The Labute approximate surface area is 102 Å². The first-order chi connectivity index (χ1) is 7.88. The van der Waals surface area contributed by atoms with Crippen molar-refractivity contribution in [3.63, 3.8) is 0 Å². The molecular formula is C13H21NO3. The van der Waals surface area contributed by atoms with Crippen LogP contribution in [0.15, 0.2) is 0 Å². The van der Waals surface area contributed by atoms with Gasteiger partial charge in [0.05, 0.1) is 7.11 Å². The maximum absolute atomic E-state index is 12.4. The van der Waals surface area contributed by atoms with Gasteiger partial charge in [-0.15, -0.1) is 0 Å². The first-order valence-electron chi connectivity index (χ1n) is 6.29. The van der Waals surface area contributed by atoms with Crippen molar-refractivity contribution >= 4 is 11.9 Å². The third-order valence-electron chi connectivity index (χ3n) is 3.97. The Morgan fingerprint density at radius 1 is 1.35 bits per heavy atom. The van der Waals surface area contributed by atoms with Gasteiger partial charge in [0.1, 0.15) is 5.92 Å². The third kappa shape index (κ3) is 1.83. The molecule has 1 aliphatic heterocycles. The lowest BCUT2D eigenvalue weighted by molar-refractivity contribution is -0.152. The van der Waals surface area contributed by atoms with Crippen molar-refractivity contribution in [2.75, 3.05) is 7.11 Å². The van der Waals surface area contributed by atoms with Crippen molar-refractivity contribution in [1.82, 2.24) is 4.90 Å². The minimum Gasteiger partial charge on any atom is -0.468 e. The van der Waals surface area contributed by atoms with Crippen molar-refractivity contribution in [3.05, 3.63) is 0 Å². The van der Waals surface area contributed by atoms with Crippen LogP contribution in [0.1, 0.15) is 40.0 Å².